The van der Waals surface area contributed by atoms with Gasteiger partial charge in [-0.05, 0) is 65.5 Å². The molecular formula is C22H30O4. The molecule has 3 atom stereocenters. The molecule has 0 bridgehead atoms. The molecular weight excluding hydrogens is 328 g/mol. The fourth-order valence-electron chi connectivity index (χ4n) is 3.41. The second kappa shape index (κ2) is 7.53. The lowest BCUT2D eigenvalue weighted by Crippen LogP contribution is -2.13. The zero-order valence-electron chi connectivity index (χ0n) is 16.3. The Kier molecular flexibility index (Phi) is 5.54. The minimum Gasteiger partial charge on any atom is -0.426 e. The van der Waals surface area contributed by atoms with Crippen LogP contribution in [0.2, 0.25) is 0 Å². The number of benzene rings is 1. The summed E-state index contributed by atoms with van der Waals surface area (Å²) in [6, 6.07) is 9.17. The van der Waals surface area contributed by atoms with E-state index in [0.717, 1.165) is 25.7 Å². The van der Waals surface area contributed by atoms with E-state index >= 15 is 0 Å². The smallest absolute Gasteiger partial charge is 0.315 e. The molecule has 0 N–H and O–H groups in total. The van der Waals surface area contributed by atoms with Crippen LogP contribution in [0.3, 0.4) is 0 Å². The van der Waals surface area contributed by atoms with Gasteiger partial charge >= 0.3 is 5.97 Å². The molecule has 2 fully saturated rings. The zero-order valence-corrected chi connectivity index (χ0v) is 16.3. The second-order valence-electron chi connectivity index (χ2n) is 8.25. The highest BCUT2D eigenvalue weighted by atomic mass is 16.6. The Morgan fingerprint density at radius 1 is 1.12 bits per heavy atom. The minimum absolute atomic E-state index is 0.00848. The van der Waals surface area contributed by atoms with Crippen molar-refractivity contribution in [3.05, 3.63) is 42.0 Å². The Morgan fingerprint density at radius 2 is 1.81 bits per heavy atom. The molecule has 2 saturated heterocycles. The lowest BCUT2D eigenvalue weighted by Gasteiger charge is -2.06. The molecule has 1 aromatic carbocycles. The number of carbonyl (C=O) groups is 1. The van der Waals surface area contributed by atoms with Crippen LogP contribution in [-0.4, -0.2) is 29.4 Å². The summed E-state index contributed by atoms with van der Waals surface area (Å²) in [5.74, 6) is 0.364. The summed E-state index contributed by atoms with van der Waals surface area (Å²) >= 11 is 0. The van der Waals surface area contributed by atoms with Crippen LogP contribution in [0, 0.1) is 0 Å². The van der Waals surface area contributed by atoms with E-state index in [9.17, 15) is 4.79 Å². The number of hydrogen-bond donors (Lipinski definition) is 0. The fourth-order valence-corrected chi connectivity index (χ4v) is 3.41. The van der Waals surface area contributed by atoms with Crippen molar-refractivity contribution in [2.24, 2.45) is 0 Å². The summed E-state index contributed by atoms with van der Waals surface area (Å²) in [5.41, 5.74) is 1.28. The van der Waals surface area contributed by atoms with E-state index in [0.29, 0.717) is 24.4 Å². The molecule has 0 aromatic heterocycles. The van der Waals surface area contributed by atoms with Gasteiger partial charge in [0, 0.05) is 0 Å². The van der Waals surface area contributed by atoms with Gasteiger partial charge in [0.2, 0.25) is 0 Å². The number of ether oxygens (including phenoxy) is 3. The SMILES string of the molecule is C/C(=C\CC(=O)Oc1ccccc1)CC[C@H]1O[C@]1(C)CC[C@H]1OC1(C)C. The van der Waals surface area contributed by atoms with E-state index in [1.54, 1.807) is 12.1 Å². The molecule has 2 heterocycles. The van der Waals surface area contributed by atoms with E-state index < -0.39 is 0 Å². The van der Waals surface area contributed by atoms with Crippen LogP contribution in [0.1, 0.15) is 59.8 Å². The standard InChI is InChI=1S/C22H30O4/c1-16(11-13-20(23)24-17-8-6-5-7-9-17)10-12-19-22(4,26-19)15-14-18-21(2,3)25-18/h5-9,11,18-19H,10,12-15H2,1-4H3/b16-11+/t18-,19-,22-/m1/s1. The Balaban J connectivity index is 1.33. The van der Waals surface area contributed by atoms with Crippen LogP contribution in [0.25, 0.3) is 0 Å². The molecule has 0 spiro atoms. The summed E-state index contributed by atoms with van der Waals surface area (Å²) in [5, 5.41) is 0. The van der Waals surface area contributed by atoms with E-state index in [1.165, 1.54) is 5.57 Å². The number of hydrogen-bond acceptors (Lipinski definition) is 4. The third-order valence-electron chi connectivity index (χ3n) is 5.50. The maximum Gasteiger partial charge on any atom is 0.315 e. The van der Waals surface area contributed by atoms with Crippen molar-refractivity contribution in [3.63, 3.8) is 0 Å². The van der Waals surface area contributed by atoms with Crippen LogP contribution in [0.4, 0.5) is 0 Å². The molecule has 2 aliphatic heterocycles. The van der Waals surface area contributed by atoms with E-state index in [2.05, 4.69) is 27.7 Å². The summed E-state index contributed by atoms with van der Waals surface area (Å²) in [6.45, 7) is 8.55. The van der Waals surface area contributed by atoms with Gasteiger partial charge in [0.05, 0.1) is 29.8 Å². The quantitative estimate of drug-likeness (QED) is 0.275. The van der Waals surface area contributed by atoms with Gasteiger partial charge < -0.3 is 14.2 Å². The van der Waals surface area contributed by atoms with Crippen LogP contribution >= 0.6 is 0 Å². The van der Waals surface area contributed by atoms with Crippen LogP contribution in [0.15, 0.2) is 42.0 Å². The molecule has 142 valence electrons. The van der Waals surface area contributed by atoms with Gasteiger partial charge in [-0.15, -0.1) is 0 Å². The average Bonchev–Trinajstić information content (AvgIpc) is 3.45. The number of rotatable bonds is 9. The Hall–Kier alpha value is -1.65. The first kappa shape index (κ1) is 19.1. The predicted molar refractivity (Wildman–Crippen MR) is 101 cm³/mol. The lowest BCUT2D eigenvalue weighted by molar-refractivity contribution is -0.133. The third kappa shape index (κ3) is 5.18. The van der Waals surface area contributed by atoms with E-state index in [4.69, 9.17) is 14.2 Å². The molecule has 4 nitrogen and oxygen atoms in total. The van der Waals surface area contributed by atoms with Gasteiger partial charge in [0.1, 0.15) is 5.75 Å². The van der Waals surface area contributed by atoms with Gasteiger partial charge in [-0.2, -0.15) is 0 Å². The summed E-state index contributed by atoms with van der Waals surface area (Å²) in [4.78, 5) is 11.9. The molecule has 26 heavy (non-hydrogen) atoms. The first-order valence-electron chi connectivity index (χ1n) is 9.55. The Labute approximate surface area is 156 Å². The van der Waals surface area contributed by atoms with Gasteiger partial charge in [-0.25, -0.2) is 0 Å². The van der Waals surface area contributed by atoms with Crippen LogP contribution in [0.5, 0.6) is 5.75 Å². The first-order valence-corrected chi connectivity index (χ1v) is 9.55. The van der Waals surface area contributed by atoms with E-state index in [-0.39, 0.29) is 17.2 Å². The van der Waals surface area contributed by atoms with Crippen molar-refractivity contribution in [1.82, 2.24) is 0 Å². The molecule has 0 amide bonds. The molecule has 0 aliphatic carbocycles. The first-order chi connectivity index (χ1) is 12.3. The van der Waals surface area contributed by atoms with Gasteiger partial charge in [0.15, 0.2) is 0 Å². The molecule has 0 radical (unpaired) electrons. The van der Waals surface area contributed by atoms with Crippen molar-refractivity contribution in [1.29, 1.82) is 0 Å². The van der Waals surface area contributed by atoms with E-state index in [1.807, 2.05) is 24.3 Å². The summed E-state index contributed by atoms with van der Waals surface area (Å²) < 4.78 is 16.9. The topological polar surface area (TPSA) is 51.4 Å². The maximum atomic E-state index is 11.9. The number of carbonyl (C=O) groups excluding carboxylic acids is 1. The minimum atomic E-state index is -0.227. The summed E-state index contributed by atoms with van der Waals surface area (Å²) in [6.07, 6.45) is 7.05. The van der Waals surface area contributed by atoms with Crippen molar-refractivity contribution >= 4 is 5.97 Å². The highest BCUT2D eigenvalue weighted by Gasteiger charge is 2.54. The third-order valence-corrected chi connectivity index (χ3v) is 5.50. The number of allylic oxidation sites excluding steroid dienone is 1. The molecule has 0 unspecified atom stereocenters. The molecule has 4 heteroatoms. The van der Waals surface area contributed by atoms with Crippen LogP contribution in [-0.2, 0) is 14.3 Å². The monoisotopic (exact) mass is 358 g/mol. The Bertz CT molecular complexity index is 664. The Morgan fingerprint density at radius 3 is 2.46 bits per heavy atom. The average molecular weight is 358 g/mol. The molecule has 3 rings (SSSR count). The highest BCUT2D eigenvalue weighted by molar-refractivity contribution is 5.74. The molecule has 0 saturated carbocycles. The molecule has 1 aromatic rings. The largest absolute Gasteiger partial charge is 0.426 e. The number of esters is 1. The van der Waals surface area contributed by atoms with Crippen molar-refractivity contribution in [3.8, 4) is 5.75 Å². The van der Waals surface area contributed by atoms with Gasteiger partial charge in [-0.3, -0.25) is 4.79 Å². The predicted octanol–water partition coefficient (Wildman–Crippen LogP) is 4.82. The van der Waals surface area contributed by atoms with Crippen molar-refractivity contribution in [2.45, 2.75) is 83.2 Å². The van der Waals surface area contributed by atoms with Crippen LogP contribution < -0.4 is 4.74 Å². The van der Waals surface area contributed by atoms with Gasteiger partial charge in [0.25, 0.3) is 0 Å². The highest BCUT2D eigenvalue weighted by Crippen LogP contribution is 2.47. The van der Waals surface area contributed by atoms with Crippen molar-refractivity contribution in [2.75, 3.05) is 0 Å². The van der Waals surface area contributed by atoms with Crippen molar-refractivity contribution < 1.29 is 19.0 Å². The van der Waals surface area contributed by atoms with Gasteiger partial charge in [-0.1, -0.05) is 29.8 Å². The zero-order chi connectivity index (χ0) is 18.8. The maximum absolute atomic E-state index is 11.9. The molecule has 2 aliphatic rings. The fraction of sp³-hybridized carbons (Fsp3) is 0.591. The summed E-state index contributed by atoms with van der Waals surface area (Å²) in [7, 11) is 0. The number of para-hydroxylation sites is 1. The second-order valence-corrected chi connectivity index (χ2v) is 8.25. The number of epoxide rings is 2. The lowest BCUT2D eigenvalue weighted by atomic mass is 9.94. The normalized spacial score (nSPS) is 29.3.